The molecule has 1 aliphatic heterocycles. The van der Waals surface area contributed by atoms with Crippen molar-refractivity contribution in [1.29, 1.82) is 0 Å². The number of carbonyl (C=O) groups excluding carboxylic acids is 1. The Hall–Kier alpha value is -2.86. The second kappa shape index (κ2) is 10.8. The molecule has 3 N–H and O–H groups in total. The van der Waals surface area contributed by atoms with Crippen molar-refractivity contribution in [2.24, 2.45) is 4.99 Å². The van der Waals surface area contributed by atoms with Crippen LogP contribution in [0.25, 0.3) is 0 Å². The lowest BCUT2D eigenvalue weighted by Gasteiger charge is -2.17. The van der Waals surface area contributed by atoms with Crippen LogP contribution in [0, 0.1) is 6.92 Å². The highest BCUT2D eigenvalue weighted by atomic mass is 16.5. The predicted octanol–water partition coefficient (Wildman–Crippen LogP) is 3.58. The summed E-state index contributed by atoms with van der Waals surface area (Å²) in [5, 5.41) is 9.69. The van der Waals surface area contributed by atoms with E-state index in [0.717, 1.165) is 36.6 Å². The SMILES string of the molecule is CN=C(NCc1cccc(NC(=O)C2CCCO2)c1)NCC(C)c1cccc(C)c1. The maximum atomic E-state index is 12.2. The summed E-state index contributed by atoms with van der Waals surface area (Å²) in [6, 6.07) is 16.4. The number of carbonyl (C=O) groups is 1. The summed E-state index contributed by atoms with van der Waals surface area (Å²) in [7, 11) is 1.77. The minimum atomic E-state index is -0.329. The van der Waals surface area contributed by atoms with Crippen LogP contribution in [-0.4, -0.2) is 38.2 Å². The molecule has 30 heavy (non-hydrogen) atoms. The van der Waals surface area contributed by atoms with Crippen molar-refractivity contribution in [3.63, 3.8) is 0 Å². The number of hydrogen-bond donors (Lipinski definition) is 3. The number of amides is 1. The van der Waals surface area contributed by atoms with Crippen molar-refractivity contribution in [3.8, 4) is 0 Å². The summed E-state index contributed by atoms with van der Waals surface area (Å²) in [4.78, 5) is 16.6. The van der Waals surface area contributed by atoms with Gasteiger partial charge in [-0.25, -0.2) is 0 Å². The zero-order chi connectivity index (χ0) is 21.3. The van der Waals surface area contributed by atoms with Gasteiger partial charge in [-0.3, -0.25) is 9.79 Å². The number of rotatable bonds is 7. The third-order valence-corrected chi connectivity index (χ3v) is 5.29. The highest BCUT2D eigenvalue weighted by Crippen LogP contribution is 2.17. The van der Waals surface area contributed by atoms with Gasteiger partial charge in [0.2, 0.25) is 0 Å². The molecule has 160 valence electrons. The van der Waals surface area contributed by atoms with E-state index in [2.05, 4.69) is 59.1 Å². The van der Waals surface area contributed by atoms with Crippen molar-refractivity contribution in [2.75, 3.05) is 25.5 Å². The molecular weight excluding hydrogens is 376 g/mol. The Labute approximate surface area is 179 Å². The summed E-state index contributed by atoms with van der Waals surface area (Å²) in [6.07, 6.45) is 1.40. The second-order valence-corrected chi connectivity index (χ2v) is 7.81. The Balaban J connectivity index is 1.49. The quantitative estimate of drug-likeness (QED) is 0.484. The molecule has 1 fully saturated rings. The van der Waals surface area contributed by atoms with Crippen LogP contribution in [0.5, 0.6) is 0 Å². The van der Waals surface area contributed by atoms with Gasteiger partial charge in [-0.2, -0.15) is 0 Å². The Bertz CT molecular complexity index is 875. The molecule has 0 saturated carbocycles. The van der Waals surface area contributed by atoms with Crippen molar-refractivity contribution in [2.45, 2.75) is 45.3 Å². The van der Waals surface area contributed by atoms with Gasteiger partial charge in [-0.1, -0.05) is 48.9 Å². The zero-order valence-electron chi connectivity index (χ0n) is 18.1. The van der Waals surface area contributed by atoms with Gasteiger partial charge >= 0.3 is 0 Å². The standard InChI is InChI=1S/C24H32N4O2/c1-17-7-4-9-20(13-17)18(2)15-26-24(25-3)27-16-19-8-5-10-21(14-19)28-23(29)22-11-6-12-30-22/h4-5,7-10,13-14,18,22H,6,11-12,15-16H2,1-3H3,(H,28,29)(H2,25,26,27). The molecule has 2 aromatic carbocycles. The Kier molecular flexibility index (Phi) is 7.85. The number of nitrogens with one attached hydrogen (secondary N) is 3. The number of anilines is 1. The number of aliphatic imine (C=N–C) groups is 1. The molecule has 1 aliphatic rings. The number of hydrogen-bond acceptors (Lipinski definition) is 3. The van der Waals surface area contributed by atoms with Crippen LogP contribution in [0.15, 0.2) is 53.5 Å². The molecule has 1 saturated heterocycles. The largest absolute Gasteiger partial charge is 0.368 e. The van der Waals surface area contributed by atoms with Crippen LogP contribution in [0.4, 0.5) is 5.69 Å². The van der Waals surface area contributed by atoms with Crippen molar-refractivity contribution < 1.29 is 9.53 Å². The molecule has 2 unspecified atom stereocenters. The summed E-state index contributed by atoms with van der Waals surface area (Å²) in [5.41, 5.74) is 4.43. The van der Waals surface area contributed by atoms with Gasteiger partial charge in [-0.15, -0.1) is 0 Å². The van der Waals surface area contributed by atoms with E-state index >= 15 is 0 Å². The number of guanidine groups is 1. The fourth-order valence-electron chi connectivity index (χ4n) is 3.52. The molecule has 0 spiro atoms. The highest BCUT2D eigenvalue weighted by Gasteiger charge is 2.23. The molecule has 2 atom stereocenters. The topological polar surface area (TPSA) is 74.8 Å². The van der Waals surface area contributed by atoms with Crippen LogP contribution in [0.2, 0.25) is 0 Å². The maximum absolute atomic E-state index is 12.2. The van der Waals surface area contributed by atoms with E-state index in [0.29, 0.717) is 19.1 Å². The number of nitrogens with zero attached hydrogens (tertiary/aromatic N) is 1. The first-order chi connectivity index (χ1) is 14.5. The van der Waals surface area contributed by atoms with Crippen molar-refractivity contribution in [3.05, 3.63) is 65.2 Å². The summed E-state index contributed by atoms with van der Waals surface area (Å²) < 4.78 is 5.45. The summed E-state index contributed by atoms with van der Waals surface area (Å²) in [6.45, 7) is 6.39. The molecule has 1 heterocycles. The van der Waals surface area contributed by atoms with Gasteiger partial charge in [-0.05, 0) is 48.9 Å². The van der Waals surface area contributed by atoms with Gasteiger partial charge in [0.1, 0.15) is 6.10 Å². The molecule has 6 heteroatoms. The third-order valence-electron chi connectivity index (χ3n) is 5.29. The monoisotopic (exact) mass is 408 g/mol. The summed E-state index contributed by atoms with van der Waals surface area (Å²) in [5.74, 6) is 1.06. The van der Waals surface area contributed by atoms with E-state index < -0.39 is 0 Å². The first-order valence-corrected chi connectivity index (χ1v) is 10.6. The number of ether oxygens (including phenoxy) is 1. The van der Waals surface area contributed by atoms with E-state index in [4.69, 9.17) is 4.74 Å². The van der Waals surface area contributed by atoms with E-state index in [-0.39, 0.29) is 12.0 Å². The molecule has 6 nitrogen and oxygen atoms in total. The lowest BCUT2D eigenvalue weighted by Crippen LogP contribution is -2.38. The minimum absolute atomic E-state index is 0.0692. The van der Waals surface area contributed by atoms with Crippen LogP contribution in [-0.2, 0) is 16.1 Å². The van der Waals surface area contributed by atoms with Crippen LogP contribution < -0.4 is 16.0 Å². The van der Waals surface area contributed by atoms with Gasteiger partial charge in [0, 0.05) is 32.4 Å². The molecule has 3 rings (SSSR count). The van der Waals surface area contributed by atoms with Gasteiger partial charge < -0.3 is 20.7 Å². The smallest absolute Gasteiger partial charge is 0.253 e. The molecule has 1 amide bonds. The van der Waals surface area contributed by atoms with Crippen LogP contribution >= 0.6 is 0 Å². The maximum Gasteiger partial charge on any atom is 0.253 e. The predicted molar refractivity (Wildman–Crippen MR) is 122 cm³/mol. The van der Waals surface area contributed by atoms with E-state index in [1.54, 1.807) is 7.05 Å². The zero-order valence-corrected chi connectivity index (χ0v) is 18.1. The lowest BCUT2D eigenvalue weighted by atomic mass is 9.99. The third kappa shape index (κ3) is 6.32. The lowest BCUT2D eigenvalue weighted by molar-refractivity contribution is -0.124. The molecule has 0 radical (unpaired) electrons. The van der Waals surface area contributed by atoms with Crippen molar-refractivity contribution >= 4 is 17.6 Å². The fraction of sp³-hybridized carbons (Fsp3) is 0.417. The van der Waals surface area contributed by atoms with E-state index in [1.165, 1.54) is 11.1 Å². The average molecular weight is 409 g/mol. The first-order valence-electron chi connectivity index (χ1n) is 10.6. The van der Waals surface area contributed by atoms with E-state index in [1.807, 2.05) is 24.3 Å². The van der Waals surface area contributed by atoms with Gasteiger partial charge in [0.05, 0.1) is 0 Å². The second-order valence-electron chi connectivity index (χ2n) is 7.81. The normalized spacial score (nSPS) is 17.4. The van der Waals surface area contributed by atoms with Crippen LogP contribution in [0.3, 0.4) is 0 Å². The van der Waals surface area contributed by atoms with E-state index in [9.17, 15) is 4.79 Å². The fourth-order valence-corrected chi connectivity index (χ4v) is 3.52. The summed E-state index contributed by atoms with van der Waals surface area (Å²) >= 11 is 0. The molecule has 2 aromatic rings. The first kappa shape index (κ1) is 21.8. The molecule has 0 aromatic heterocycles. The molecule has 0 bridgehead atoms. The number of aryl methyl sites for hydroxylation is 1. The Morgan fingerprint density at radius 3 is 2.77 bits per heavy atom. The minimum Gasteiger partial charge on any atom is -0.368 e. The Morgan fingerprint density at radius 2 is 2.03 bits per heavy atom. The average Bonchev–Trinajstić information content (AvgIpc) is 3.29. The van der Waals surface area contributed by atoms with Crippen molar-refractivity contribution in [1.82, 2.24) is 10.6 Å². The van der Waals surface area contributed by atoms with Crippen LogP contribution in [0.1, 0.15) is 42.4 Å². The van der Waals surface area contributed by atoms with Gasteiger partial charge in [0.15, 0.2) is 5.96 Å². The molecule has 0 aliphatic carbocycles. The molecular formula is C24H32N4O2. The Morgan fingerprint density at radius 1 is 1.20 bits per heavy atom. The van der Waals surface area contributed by atoms with Gasteiger partial charge in [0.25, 0.3) is 5.91 Å². The highest BCUT2D eigenvalue weighted by molar-refractivity contribution is 5.94. The number of benzene rings is 2.